The van der Waals surface area contributed by atoms with Crippen molar-refractivity contribution < 1.29 is 9.59 Å². The molecule has 5 aliphatic carbocycles. The molecule has 4 fully saturated rings. The predicted octanol–water partition coefficient (Wildman–Crippen LogP) is 8.19. The van der Waals surface area contributed by atoms with Crippen LogP contribution in [-0.4, -0.2) is 11.6 Å². The van der Waals surface area contributed by atoms with Crippen molar-refractivity contribution in [3.8, 4) is 0 Å². The van der Waals surface area contributed by atoms with Crippen LogP contribution in [0.4, 0.5) is 0 Å². The SMILES string of the molecule is CC[C@]12CCC(=O)C(C)(C)C1CC[C@]1(C)C2CC=C2C3CC(C)(C)C[C@@H](C(C)=O)C3CC[C@]21C. The summed E-state index contributed by atoms with van der Waals surface area (Å²) in [5.74, 6) is 3.49. The third-order valence-electron chi connectivity index (χ3n) is 13.1. The van der Waals surface area contributed by atoms with Crippen molar-refractivity contribution >= 4 is 11.6 Å². The number of allylic oxidation sites excluding steroid dienone is 2. The molecule has 2 nitrogen and oxygen atoms in total. The van der Waals surface area contributed by atoms with Crippen LogP contribution in [-0.2, 0) is 9.59 Å². The summed E-state index contributed by atoms with van der Waals surface area (Å²) in [7, 11) is 0. The van der Waals surface area contributed by atoms with E-state index < -0.39 is 0 Å². The molecule has 0 N–H and O–H groups in total. The first-order valence-corrected chi connectivity index (χ1v) is 14.5. The van der Waals surface area contributed by atoms with Gasteiger partial charge in [-0.1, -0.05) is 60.1 Å². The standard InChI is InChI=1S/C32H50O2/c1-9-32-17-14-27(34)29(5,6)25(32)13-16-31(8)26(32)11-10-24-23-19-28(3,4)18-22(20(2)33)21(23)12-15-30(24,31)7/h10,21-23,25-26H,9,11-19H2,1-8H3/t21?,22-,23?,25?,26?,30+,31+,32-/m0/s1. The molecule has 5 rings (SSSR count). The van der Waals surface area contributed by atoms with E-state index in [1.54, 1.807) is 5.57 Å². The molecule has 8 atom stereocenters. The molecule has 5 aliphatic rings. The number of hydrogen-bond donors (Lipinski definition) is 0. The van der Waals surface area contributed by atoms with E-state index in [-0.39, 0.29) is 22.2 Å². The molecule has 0 aromatic carbocycles. The number of carbonyl (C=O) groups excluding carboxylic acids is 2. The average molecular weight is 467 g/mol. The quantitative estimate of drug-likeness (QED) is 0.384. The molecule has 34 heavy (non-hydrogen) atoms. The molecule has 4 unspecified atom stereocenters. The van der Waals surface area contributed by atoms with Gasteiger partial charge in [0.1, 0.15) is 11.6 Å². The van der Waals surface area contributed by atoms with Crippen LogP contribution >= 0.6 is 0 Å². The van der Waals surface area contributed by atoms with Crippen molar-refractivity contribution in [3.05, 3.63) is 11.6 Å². The van der Waals surface area contributed by atoms with Gasteiger partial charge in [-0.05, 0) is 110 Å². The summed E-state index contributed by atoms with van der Waals surface area (Å²) < 4.78 is 0. The molecule has 0 amide bonds. The minimum Gasteiger partial charge on any atom is -0.300 e. The maximum atomic E-state index is 13.0. The lowest BCUT2D eigenvalue weighted by molar-refractivity contribution is -0.189. The molecule has 0 aromatic heterocycles. The van der Waals surface area contributed by atoms with Gasteiger partial charge in [0.15, 0.2) is 0 Å². The van der Waals surface area contributed by atoms with Crippen LogP contribution in [0.2, 0.25) is 0 Å². The smallest absolute Gasteiger partial charge is 0.138 e. The Bertz CT molecular complexity index is 923. The summed E-state index contributed by atoms with van der Waals surface area (Å²) in [6.07, 6.45) is 14.2. The number of fused-ring (bicyclic) bond motifs is 7. The topological polar surface area (TPSA) is 34.1 Å². The zero-order valence-corrected chi connectivity index (χ0v) is 23.4. The van der Waals surface area contributed by atoms with Gasteiger partial charge in [-0.15, -0.1) is 0 Å². The van der Waals surface area contributed by atoms with Crippen LogP contribution in [0.5, 0.6) is 0 Å². The third kappa shape index (κ3) is 3.05. The second kappa shape index (κ2) is 7.55. The lowest BCUT2D eigenvalue weighted by Crippen LogP contribution is -2.64. The molecule has 0 aromatic rings. The Morgan fingerprint density at radius 3 is 2.32 bits per heavy atom. The minimum absolute atomic E-state index is 0.180. The van der Waals surface area contributed by atoms with Crippen LogP contribution in [0.3, 0.4) is 0 Å². The van der Waals surface area contributed by atoms with Crippen molar-refractivity contribution in [2.24, 2.45) is 56.7 Å². The first kappa shape index (κ1) is 24.8. The molecule has 0 spiro atoms. The largest absolute Gasteiger partial charge is 0.300 e. The van der Waals surface area contributed by atoms with Gasteiger partial charge < -0.3 is 0 Å². The highest BCUT2D eigenvalue weighted by Crippen LogP contribution is 2.75. The summed E-state index contributed by atoms with van der Waals surface area (Å²) in [5, 5.41) is 0. The van der Waals surface area contributed by atoms with Gasteiger partial charge in [0, 0.05) is 17.8 Å². The molecule has 0 bridgehead atoms. The average Bonchev–Trinajstić information content (AvgIpc) is 2.75. The first-order chi connectivity index (χ1) is 15.7. The summed E-state index contributed by atoms with van der Waals surface area (Å²) in [5.41, 5.74) is 2.60. The second-order valence-corrected chi connectivity index (χ2v) is 15.1. The Morgan fingerprint density at radius 1 is 0.971 bits per heavy atom. The van der Waals surface area contributed by atoms with E-state index >= 15 is 0 Å². The monoisotopic (exact) mass is 466 g/mol. The van der Waals surface area contributed by atoms with Gasteiger partial charge >= 0.3 is 0 Å². The van der Waals surface area contributed by atoms with Crippen LogP contribution < -0.4 is 0 Å². The van der Waals surface area contributed by atoms with Crippen LogP contribution in [0.1, 0.15) is 120 Å². The van der Waals surface area contributed by atoms with E-state index in [1.165, 1.54) is 44.9 Å². The number of Topliss-reactive ketones (excluding diaryl/α,β-unsaturated/α-hetero) is 2. The summed E-state index contributed by atoms with van der Waals surface area (Å²) in [6, 6.07) is 0. The minimum atomic E-state index is -0.180. The van der Waals surface area contributed by atoms with Crippen LogP contribution in [0.15, 0.2) is 11.6 Å². The van der Waals surface area contributed by atoms with E-state index in [1.807, 2.05) is 6.92 Å². The molecule has 0 radical (unpaired) electrons. The predicted molar refractivity (Wildman–Crippen MR) is 139 cm³/mol. The summed E-state index contributed by atoms with van der Waals surface area (Å²) in [6.45, 7) is 18.9. The molecule has 0 heterocycles. The third-order valence-corrected chi connectivity index (χ3v) is 13.1. The van der Waals surface area contributed by atoms with Crippen molar-refractivity contribution in [1.82, 2.24) is 0 Å². The van der Waals surface area contributed by atoms with Crippen LogP contribution in [0, 0.1) is 56.7 Å². The highest BCUT2D eigenvalue weighted by atomic mass is 16.1. The molecule has 0 saturated heterocycles. The molecule has 190 valence electrons. The Labute approximate surface area is 209 Å². The van der Waals surface area contributed by atoms with Gasteiger partial charge in [-0.2, -0.15) is 0 Å². The van der Waals surface area contributed by atoms with Gasteiger partial charge in [0.2, 0.25) is 0 Å². The van der Waals surface area contributed by atoms with E-state index in [2.05, 4.69) is 54.5 Å². The van der Waals surface area contributed by atoms with E-state index in [0.29, 0.717) is 46.1 Å². The number of rotatable bonds is 2. The zero-order valence-electron chi connectivity index (χ0n) is 23.4. The van der Waals surface area contributed by atoms with Gasteiger partial charge in [0.05, 0.1) is 0 Å². The van der Waals surface area contributed by atoms with E-state index in [0.717, 1.165) is 19.3 Å². The van der Waals surface area contributed by atoms with Crippen LogP contribution in [0.25, 0.3) is 0 Å². The molecular weight excluding hydrogens is 416 g/mol. The Balaban J connectivity index is 1.59. The number of carbonyl (C=O) groups is 2. The molecule has 2 heteroatoms. The molecule has 4 saturated carbocycles. The van der Waals surface area contributed by atoms with Gasteiger partial charge in [-0.3, -0.25) is 9.59 Å². The fraction of sp³-hybridized carbons (Fsp3) is 0.875. The Morgan fingerprint density at radius 2 is 1.68 bits per heavy atom. The zero-order chi connectivity index (χ0) is 24.9. The van der Waals surface area contributed by atoms with Crippen molar-refractivity contribution in [2.75, 3.05) is 0 Å². The summed E-state index contributed by atoms with van der Waals surface area (Å²) >= 11 is 0. The van der Waals surface area contributed by atoms with Crippen molar-refractivity contribution in [3.63, 3.8) is 0 Å². The van der Waals surface area contributed by atoms with Gasteiger partial charge in [-0.25, -0.2) is 0 Å². The van der Waals surface area contributed by atoms with Gasteiger partial charge in [0.25, 0.3) is 0 Å². The highest BCUT2D eigenvalue weighted by Gasteiger charge is 2.68. The van der Waals surface area contributed by atoms with E-state index in [4.69, 9.17) is 0 Å². The van der Waals surface area contributed by atoms with Crippen molar-refractivity contribution in [1.29, 1.82) is 0 Å². The Hall–Kier alpha value is -0.920. The lowest BCUT2D eigenvalue weighted by Gasteiger charge is -2.70. The maximum Gasteiger partial charge on any atom is 0.138 e. The maximum absolute atomic E-state index is 13.0. The normalized spacial score (nSPS) is 49.1. The van der Waals surface area contributed by atoms with Crippen molar-refractivity contribution in [2.45, 2.75) is 120 Å². The first-order valence-electron chi connectivity index (χ1n) is 14.5. The second-order valence-electron chi connectivity index (χ2n) is 15.1. The molecule has 0 aliphatic heterocycles. The molecular formula is C32H50O2. The fourth-order valence-corrected chi connectivity index (χ4v) is 11.2. The highest BCUT2D eigenvalue weighted by molar-refractivity contribution is 5.85. The number of hydrogen-bond acceptors (Lipinski definition) is 2. The van der Waals surface area contributed by atoms with E-state index in [9.17, 15) is 9.59 Å². The lowest BCUT2D eigenvalue weighted by atomic mass is 9.33. The summed E-state index contributed by atoms with van der Waals surface area (Å²) in [4.78, 5) is 25.8. The number of ketones is 2. The fourth-order valence-electron chi connectivity index (χ4n) is 11.2. The Kier molecular flexibility index (Phi) is 5.50.